The smallest absolute Gasteiger partial charge is 0.319 e. The number of aliphatic hydroxyl groups excluding tert-OH is 3. The first-order valence-electron chi connectivity index (χ1n) is 6.42. The maximum Gasteiger partial charge on any atom is 0.319 e. The third-order valence-corrected chi connectivity index (χ3v) is 3.63. The molecule has 4 atom stereocenters. The van der Waals surface area contributed by atoms with E-state index in [9.17, 15) is 18.7 Å². The summed E-state index contributed by atoms with van der Waals surface area (Å²) in [5.74, 6) is -3.64. The van der Waals surface area contributed by atoms with Crippen molar-refractivity contribution in [1.82, 2.24) is 10.2 Å². The van der Waals surface area contributed by atoms with E-state index in [1.807, 2.05) is 0 Å². The number of halogens is 2. The highest BCUT2D eigenvalue weighted by Gasteiger charge is 2.61. The maximum absolute atomic E-state index is 13.9. The average Bonchev–Trinajstić information content (AvgIpc) is 2.62. The van der Waals surface area contributed by atoms with E-state index >= 15 is 0 Å². The van der Waals surface area contributed by atoms with Crippen LogP contribution in [0.1, 0.15) is 12.8 Å². The quantitative estimate of drug-likeness (QED) is 0.525. The zero-order valence-electron chi connectivity index (χ0n) is 10.7. The van der Waals surface area contributed by atoms with E-state index in [4.69, 9.17) is 14.9 Å². The summed E-state index contributed by atoms with van der Waals surface area (Å²) in [6, 6.07) is -0.998. The molecule has 4 N–H and O–H groups in total. The predicted molar refractivity (Wildman–Crippen MR) is 62.0 cm³/mol. The number of urea groups is 1. The Morgan fingerprint density at radius 3 is 2.65 bits per heavy atom. The number of carbonyl (C=O) groups is 1. The molecule has 9 heteroatoms. The molecule has 0 saturated carbocycles. The second kappa shape index (κ2) is 5.76. The largest absolute Gasteiger partial charge is 0.396 e. The molecule has 2 aliphatic rings. The van der Waals surface area contributed by atoms with Crippen LogP contribution in [-0.2, 0) is 4.74 Å². The van der Waals surface area contributed by atoms with Gasteiger partial charge in [-0.2, -0.15) is 8.78 Å². The Hall–Kier alpha value is -1.03. The number of hydrogen-bond acceptors (Lipinski definition) is 5. The molecule has 2 rings (SSSR count). The van der Waals surface area contributed by atoms with Crippen LogP contribution >= 0.6 is 0 Å². The topological polar surface area (TPSA) is 102 Å². The summed E-state index contributed by atoms with van der Waals surface area (Å²) in [6.45, 7) is -0.830. The lowest BCUT2D eigenvalue weighted by atomic mass is 10.1. The fraction of sp³-hybridized carbons (Fsp3) is 0.909. The molecule has 0 aromatic rings. The van der Waals surface area contributed by atoms with Crippen LogP contribution < -0.4 is 5.32 Å². The first kappa shape index (κ1) is 15.4. The Morgan fingerprint density at radius 1 is 1.45 bits per heavy atom. The van der Waals surface area contributed by atoms with Crippen molar-refractivity contribution >= 4 is 6.03 Å². The van der Waals surface area contributed by atoms with Gasteiger partial charge in [-0.05, 0) is 12.8 Å². The van der Waals surface area contributed by atoms with Crippen molar-refractivity contribution in [3.8, 4) is 0 Å². The zero-order valence-corrected chi connectivity index (χ0v) is 10.7. The minimum atomic E-state index is -3.64. The number of alkyl halides is 2. The number of hydrogen-bond donors (Lipinski definition) is 4. The van der Waals surface area contributed by atoms with Crippen molar-refractivity contribution in [3.05, 3.63) is 0 Å². The van der Waals surface area contributed by atoms with Crippen LogP contribution in [-0.4, -0.2) is 76.4 Å². The molecule has 1 unspecified atom stereocenters. The third kappa shape index (κ3) is 2.58. The van der Waals surface area contributed by atoms with Gasteiger partial charge >= 0.3 is 12.0 Å². The normalized spacial score (nSPS) is 37.0. The second-order valence-corrected chi connectivity index (χ2v) is 4.97. The molecule has 2 saturated heterocycles. The van der Waals surface area contributed by atoms with Gasteiger partial charge in [0.15, 0.2) is 6.10 Å². The van der Waals surface area contributed by atoms with Gasteiger partial charge in [0.2, 0.25) is 6.23 Å². The molecule has 2 amide bonds. The molecule has 0 bridgehead atoms. The molecule has 0 aromatic carbocycles. The maximum atomic E-state index is 13.9. The summed E-state index contributed by atoms with van der Waals surface area (Å²) in [7, 11) is 0. The number of rotatable bonds is 4. The van der Waals surface area contributed by atoms with Crippen LogP contribution in [0, 0.1) is 0 Å². The van der Waals surface area contributed by atoms with Gasteiger partial charge in [-0.25, -0.2) is 4.79 Å². The molecule has 20 heavy (non-hydrogen) atoms. The second-order valence-electron chi connectivity index (χ2n) is 4.97. The van der Waals surface area contributed by atoms with E-state index in [-0.39, 0.29) is 19.2 Å². The molecule has 7 nitrogen and oxygen atoms in total. The van der Waals surface area contributed by atoms with Crippen LogP contribution in [0.2, 0.25) is 0 Å². The van der Waals surface area contributed by atoms with Crippen LogP contribution in [0.25, 0.3) is 0 Å². The lowest BCUT2D eigenvalue weighted by Gasteiger charge is -2.37. The van der Waals surface area contributed by atoms with Crippen molar-refractivity contribution in [2.75, 3.05) is 19.8 Å². The van der Waals surface area contributed by atoms with E-state index in [1.165, 1.54) is 0 Å². The lowest BCUT2D eigenvalue weighted by Crippen LogP contribution is -2.59. The number of nitrogens with one attached hydrogen (secondary N) is 1. The van der Waals surface area contributed by atoms with Crippen molar-refractivity contribution in [1.29, 1.82) is 0 Å². The van der Waals surface area contributed by atoms with Gasteiger partial charge < -0.3 is 25.4 Å². The van der Waals surface area contributed by atoms with E-state index in [0.29, 0.717) is 12.8 Å². The van der Waals surface area contributed by atoms with Gasteiger partial charge in [0.05, 0.1) is 6.61 Å². The van der Waals surface area contributed by atoms with Crippen LogP contribution in [0.3, 0.4) is 0 Å². The van der Waals surface area contributed by atoms with Crippen LogP contribution in [0.5, 0.6) is 0 Å². The minimum Gasteiger partial charge on any atom is -0.396 e. The van der Waals surface area contributed by atoms with E-state index < -0.39 is 37.0 Å². The van der Waals surface area contributed by atoms with Crippen LogP contribution in [0.4, 0.5) is 13.6 Å². The summed E-state index contributed by atoms with van der Waals surface area (Å²) in [6.07, 6.45) is -4.73. The summed E-state index contributed by atoms with van der Waals surface area (Å²) < 4.78 is 32.7. The SMILES string of the molecule is O=C1NC(CCO)CCN1[C@@H]1O[C@H](CO)[C@@H](O)C1(F)F. The number of nitrogens with zero attached hydrogens (tertiary/aromatic N) is 1. The minimum absolute atomic E-state index is 0.0294. The van der Waals surface area contributed by atoms with Gasteiger partial charge in [0.1, 0.15) is 6.10 Å². The van der Waals surface area contributed by atoms with Gasteiger partial charge in [0.25, 0.3) is 0 Å². The molecule has 2 heterocycles. The summed E-state index contributed by atoms with van der Waals surface area (Å²) in [4.78, 5) is 12.6. The molecule has 0 aliphatic carbocycles. The number of carbonyl (C=O) groups excluding carboxylic acids is 1. The van der Waals surface area contributed by atoms with Gasteiger partial charge in [-0.15, -0.1) is 0 Å². The average molecular weight is 296 g/mol. The van der Waals surface area contributed by atoms with E-state index in [2.05, 4.69) is 5.32 Å². The molecule has 0 aromatic heterocycles. The van der Waals surface area contributed by atoms with Crippen molar-refractivity contribution in [3.63, 3.8) is 0 Å². The molecule has 0 spiro atoms. The highest BCUT2D eigenvalue weighted by Crippen LogP contribution is 2.38. The Bertz CT molecular complexity index is 371. The highest BCUT2D eigenvalue weighted by molar-refractivity contribution is 5.75. The van der Waals surface area contributed by atoms with Gasteiger partial charge in [-0.3, -0.25) is 4.90 Å². The summed E-state index contributed by atoms with van der Waals surface area (Å²) >= 11 is 0. The number of amides is 2. The monoisotopic (exact) mass is 296 g/mol. The summed E-state index contributed by atoms with van der Waals surface area (Å²) in [5.41, 5.74) is 0. The first-order valence-corrected chi connectivity index (χ1v) is 6.42. The van der Waals surface area contributed by atoms with E-state index in [0.717, 1.165) is 4.90 Å². The molecule has 2 aliphatic heterocycles. The molecule has 116 valence electrons. The first-order chi connectivity index (χ1) is 9.41. The Labute approximate surface area is 114 Å². The molecular formula is C11H18F2N2O5. The standard InChI is InChI=1S/C11H18F2N2O5/c12-11(13)8(18)7(5-17)20-9(11)15-3-1-6(2-4-16)14-10(15)19/h6-9,16-18H,1-5H2,(H,14,19)/t6?,7-,8-,9-/m1/s1. The van der Waals surface area contributed by atoms with Crippen molar-refractivity contribution in [2.45, 2.75) is 43.2 Å². The number of ether oxygens (including phenoxy) is 1. The Balaban J connectivity index is 2.07. The molecule has 0 radical (unpaired) electrons. The Kier molecular flexibility index (Phi) is 4.43. The van der Waals surface area contributed by atoms with Crippen LogP contribution in [0.15, 0.2) is 0 Å². The summed E-state index contributed by atoms with van der Waals surface area (Å²) in [5, 5.41) is 29.6. The van der Waals surface area contributed by atoms with Crippen molar-refractivity contribution in [2.24, 2.45) is 0 Å². The highest BCUT2D eigenvalue weighted by atomic mass is 19.3. The van der Waals surface area contributed by atoms with E-state index in [1.54, 1.807) is 0 Å². The lowest BCUT2D eigenvalue weighted by molar-refractivity contribution is -0.157. The van der Waals surface area contributed by atoms with Gasteiger partial charge in [-0.1, -0.05) is 0 Å². The fourth-order valence-electron chi connectivity index (χ4n) is 2.47. The third-order valence-electron chi connectivity index (χ3n) is 3.63. The number of aliphatic hydroxyl groups is 3. The predicted octanol–water partition coefficient (Wildman–Crippen LogP) is -1.13. The zero-order chi connectivity index (χ0) is 14.9. The molecule has 2 fully saturated rings. The van der Waals surface area contributed by atoms with Gasteiger partial charge in [0, 0.05) is 19.2 Å². The molecular weight excluding hydrogens is 278 g/mol. The van der Waals surface area contributed by atoms with Crippen molar-refractivity contribution < 1.29 is 33.6 Å². The fourth-order valence-corrected chi connectivity index (χ4v) is 2.47. The Morgan fingerprint density at radius 2 is 2.15 bits per heavy atom.